The lowest BCUT2D eigenvalue weighted by molar-refractivity contribution is -0.145. The topological polar surface area (TPSA) is 91.4 Å². The number of thioether (sulfide) groups is 1. The summed E-state index contributed by atoms with van der Waals surface area (Å²) in [4.78, 5) is 37.4. The highest BCUT2D eigenvalue weighted by molar-refractivity contribution is 8.18. The molecule has 174 valence electrons. The van der Waals surface area contributed by atoms with Crippen LogP contribution in [0.2, 0.25) is 0 Å². The molecule has 0 saturated carbocycles. The number of benzene rings is 2. The number of amides is 2. The van der Waals surface area contributed by atoms with Crippen LogP contribution in [-0.2, 0) is 14.3 Å². The fourth-order valence-corrected chi connectivity index (χ4v) is 3.80. The van der Waals surface area contributed by atoms with E-state index in [1.54, 1.807) is 31.2 Å². The summed E-state index contributed by atoms with van der Waals surface area (Å²) in [5, 5.41) is -0.514. The molecule has 2 aromatic rings. The van der Waals surface area contributed by atoms with Gasteiger partial charge in [0.1, 0.15) is 25.5 Å². The number of imide groups is 1. The second-order valence-corrected chi connectivity index (χ2v) is 7.99. The average molecular weight is 472 g/mol. The normalized spacial score (nSPS) is 14.5. The summed E-state index contributed by atoms with van der Waals surface area (Å²) in [5.41, 5.74) is 1.81. The van der Waals surface area contributed by atoms with E-state index in [1.165, 1.54) is 7.11 Å². The van der Waals surface area contributed by atoms with Crippen molar-refractivity contribution in [2.24, 2.45) is 0 Å². The Bertz CT molecular complexity index is 1050. The maximum atomic E-state index is 12.5. The van der Waals surface area contributed by atoms with Crippen LogP contribution < -0.4 is 14.2 Å². The highest BCUT2D eigenvalue weighted by atomic mass is 32.2. The van der Waals surface area contributed by atoms with Gasteiger partial charge in [-0.15, -0.1) is 0 Å². The molecule has 0 bridgehead atoms. The lowest BCUT2D eigenvalue weighted by Gasteiger charge is -2.12. The zero-order valence-electron chi connectivity index (χ0n) is 18.7. The Kier molecular flexibility index (Phi) is 8.37. The Balaban J connectivity index is 1.61. The Morgan fingerprint density at radius 2 is 1.76 bits per heavy atom. The largest absolute Gasteiger partial charge is 0.493 e. The first-order chi connectivity index (χ1) is 15.9. The summed E-state index contributed by atoms with van der Waals surface area (Å²) in [6.07, 6.45) is 1.57. The molecular weight excluding hydrogens is 446 g/mol. The van der Waals surface area contributed by atoms with Gasteiger partial charge >= 0.3 is 5.97 Å². The number of carbonyl (C=O) groups excluding carboxylic acids is 3. The molecule has 1 fully saturated rings. The van der Waals surface area contributed by atoms with Gasteiger partial charge in [0.2, 0.25) is 0 Å². The SMILES string of the molecule is CCOC(=O)CN1C(=O)S/C(=C\c2ccc(OCCOc3ccc(C)cc3)c(OC)c2)C1=O. The zero-order valence-corrected chi connectivity index (χ0v) is 19.5. The van der Waals surface area contributed by atoms with Crippen molar-refractivity contribution < 1.29 is 33.3 Å². The molecule has 1 saturated heterocycles. The van der Waals surface area contributed by atoms with E-state index in [-0.39, 0.29) is 11.5 Å². The molecule has 0 radical (unpaired) electrons. The molecule has 1 heterocycles. The summed E-state index contributed by atoms with van der Waals surface area (Å²) in [7, 11) is 1.52. The zero-order chi connectivity index (χ0) is 23.8. The molecule has 2 aromatic carbocycles. The Morgan fingerprint density at radius 1 is 1.03 bits per heavy atom. The monoisotopic (exact) mass is 471 g/mol. The van der Waals surface area contributed by atoms with E-state index in [4.69, 9.17) is 18.9 Å². The van der Waals surface area contributed by atoms with Crippen molar-refractivity contribution in [2.75, 3.05) is 33.5 Å². The van der Waals surface area contributed by atoms with Gasteiger partial charge in [-0.05, 0) is 61.5 Å². The van der Waals surface area contributed by atoms with E-state index in [2.05, 4.69) is 0 Å². The van der Waals surface area contributed by atoms with Crippen LogP contribution in [0.5, 0.6) is 17.2 Å². The molecular formula is C24H25NO7S. The van der Waals surface area contributed by atoms with E-state index in [0.29, 0.717) is 30.3 Å². The van der Waals surface area contributed by atoms with Crippen molar-refractivity contribution >= 4 is 35.0 Å². The third kappa shape index (κ3) is 6.52. The third-order valence-electron chi connectivity index (χ3n) is 4.58. The number of ether oxygens (including phenoxy) is 4. The molecule has 0 atom stereocenters. The Hall–Kier alpha value is -3.46. The lowest BCUT2D eigenvalue weighted by atomic mass is 10.2. The molecule has 0 spiro atoms. The second kappa shape index (κ2) is 11.4. The minimum absolute atomic E-state index is 0.178. The van der Waals surface area contributed by atoms with Crippen LogP contribution in [0, 0.1) is 6.92 Å². The molecule has 2 amide bonds. The molecule has 0 unspecified atom stereocenters. The molecule has 33 heavy (non-hydrogen) atoms. The van der Waals surface area contributed by atoms with Crippen LogP contribution in [0.25, 0.3) is 6.08 Å². The summed E-state index contributed by atoms with van der Waals surface area (Å²) in [6.45, 7) is 4.12. The van der Waals surface area contributed by atoms with Gasteiger partial charge in [0.15, 0.2) is 11.5 Å². The van der Waals surface area contributed by atoms with E-state index in [1.807, 2.05) is 31.2 Å². The number of hydrogen-bond acceptors (Lipinski definition) is 8. The maximum Gasteiger partial charge on any atom is 0.326 e. The van der Waals surface area contributed by atoms with E-state index >= 15 is 0 Å². The minimum Gasteiger partial charge on any atom is -0.493 e. The highest BCUT2D eigenvalue weighted by Gasteiger charge is 2.36. The third-order valence-corrected chi connectivity index (χ3v) is 5.49. The van der Waals surface area contributed by atoms with Gasteiger partial charge in [0, 0.05) is 0 Å². The second-order valence-electron chi connectivity index (χ2n) is 6.99. The van der Waals surface area contributed by atoms with Gasteiger partial charge in [-0.2, -0.15) is 0 Å². The van der Waals surface area contributed by atoms with Gasteiger partial charge in [0.05, 0.1) is 18.6 Å². The fourth-order valence-electron chi connectivity index (χ4n) is 2.96. The predicted molar refractivity (Wildman–Crippen MR) is 124 cm³/mol. The average Bonchev–Trinajstić information content (AvgIpc) is 3.06. The smallest absolute Gasteiger partial charge is 0.326 e. The fraction of sp³-hybridized carbons (Fsp3) is 0.292. The van der Waals surface area contributed by atoms with Crippen molar-refractivity contribution in [3.63, 3.8) is 0 Å². The van der Waals surface area contributed by atoms with Crippen LogP contribution in [0.15, 0.2) is 47.4 Å². The van der Waals surface area contributed by atoms with Crippen molar-refractivity contribution in [1.29, 1.82) is 0 Å². The molecule has 0 aromatic heterocycles. The quantitative estimate of drug-likeness (QED) is 0.291. The molecule has 1 aliphatic rings. The van der Waals surface area contributed by atoms with E-state index in [9.17, 15) is 14.4 Å². The van der Waals surface area contributed by atoms with E-state index in [0.717, 1.165) is 28.0 Å². The number of rotatable bonds is 10. The van der Waals surface area contributed by atoms with E-state index < -0.39 is 23.7 Å². The van der Waals surface area contributed by atoms with Gasteiger partial charge < -0.3 is 18.9 Å². The minimum atomic E-state index is -0.629. The lowest BCUT2D eigenvalue weighted by Crippen LogP contribution is -2.34. The predicted octanol–water partition coefficient (Wildman–Crippen LogP) is 4.06. The first kappa shape index (κ1) is 24.2. The van der Waals surface area contributed by atoms with Crippen LogP contribution in [0.4, 0.5) is 4.79 Å². The summed E-state index contributed by atoms with van der Waals surface area (Å²) in [5.74, 6) is 0.604. The van der Waals surface area contributed by atoms with Crippen molar-refractivity contribution in [3.05, 3.63) is 58.5 Å². The standard InChI is InChI=1S/C24H25NO7S/c1-4-30-22(26)15-25-23(27)21(33-24(25)28)14-17-7-10-19(20(13-17)29-3)32-12-11-31-18-8-5-16(2)6-9-18/h5-10,13-14H,4,11-12,15H2,1-3H3/b21-14-. The van der Waals surface area contributed by atoms with Crippen molar-refractivity contribution in [2.45, 2.75) is 13.8 Å². The first-order valence-electron chi connectivity index (χ1n) is 10.3. The van der Waals surface area contributed by atoms with Crippen LogP contribution in [-0.4, -0.2) is 55.5 Å². The summed E-state index contributed by atoms with van der Waals surface area (Å²) in [6, 6.07) is 12.9. The first-order valence-corrected chi connectivity index (χ1v) is 11.1. The molecule has 1 aliphatic heterocycles. The number of methoxy groups -OCH3 is 1. The van der Waals surface area contributed by atoms with Gasteiger partial charge in [-0.25, -0.2) is 0 Å². The number of aryl methyl sites for hydroxylation is 1. The molecule has 9 heteroatoms. The number of hydrogen-bond donors (Lipinski definition) is 0. The van der Waals surface area contributed by atoms with Crippen molar-refractivity contribution in [3.8, 4) is 17.2 Å². The van der Waals surface area contributed by atoms with Gasteiger partial charge in [-0.3, -0.25) is 19.3 Å². The molecule has 0 N–H and O–H groups in total. The van der Waals surface area contributed by atoms with Gasteiger partial charge in [0.25, 0.3) is 11.1 Å². The van der Waals surface area contributed by atoms with Crippen LogP contribution >= 0.6 is 11.8 Å². The number of esters is 1. The van der Waals surface area contributed by atoms with Gasteiger partial charge in [-0.1, -0.05) is 23.8 Å². The molecule has 3 rings (SSSR count). The number of nitrogens with zero attached hydrogens (tertiary/aromatic N) is 1. The Morgan fingerprint density at radius 3 is 2.45 bits per heavy atom. The van der Waals surface area contributed by atoms with Crippen LogP contribution in [0.3, 0.4) is 0 Å². The van der Waals surface area contributed by atoms with Crippen LogP contribution in [0.1, 0.15) is 18.1 Å². The Labute approximate surface area is 196 Å². The molecule has 8 nitrogen and oxygen atoms in total. The molecule has 0 aliphatic carbocycles. The highest BCUT2D eigenvalue weighted by Crippen LogP contribution is 2.34. The summed E-state index contributed by atoms with van der Waals surface area (Å²) >= 11 is 0.772. The summed E-state index contributed by atoms with van der Waals surface area (Å²) < 4.78 is 21.6. The maximum absolute atomic E-state index is 12.5. The van der Waals surface area contributed by atoms with Crippen molar-refractivity contribution in [1.82, 2.24) is 4.90 Å². The number of carbonyl (C=O) groups is 3.